The smallest absolute Gasteiger partial charge is 0.308 e. The first-order chi connectivity index (χ1) is 15.3. The highest BCUT2D eigenvalue weighted by Crippen LogP contribution is 2.28. The Labute approximate surface area is 187 Å². The summed E-state index contributed by atoms with van der Waals surface area (Å²) in [7, 11) is 0. The molecule has 10 nitrogen and oxygen atoms in total. The topological polar surface area (TPSA) is 136 Å². The van der Waals surface area contributed by atoms with Crippen molar-refractivity contribution in [2.45, 2.75) is 25.4 Å². The van der Waals surface area contributed by atoms with Crippen LogP contribution in [0.3, 0.4) is 0 Å². The van der Waals surface area contributed by atoms with Crippen molar-refractivity contribution in [2.24, 2.45) is 0 Å². The zero-order valence-corrected chi connectivity index (χ0v) is 17.4. The van der Waals surface area contributed by atoms with E-state index in [1.165, 1.54) is 12.1 Å². The molecule has 0 aliphatic carbocycles. The molecule has 11 heteroatoms. The summed E-state index contributed by atoms with van der Waals surface area (Å²) in [5.74, 6) is -2.22. The number of esters is 1. The van der Waals surface area contributed by atoms with Gasteiger partial charge in [0.15, 0.2) is 0 Å². The summed E-state index contributed by atoms with van der Waals surface area (Å²) in [6.07, 6.45) is -1.40. The Bertz CT molecular complexity index is 1060. The maximum absolute atomic E-state index is 12.9. The van der Waals surface area contributed by atoms with Crippen molar-refractivity contribution in [2.75, 3.05) is 11.9 Å². The Morgan fingerprint density at radius 2 is 1.78 bits per heavy atom. The monoisotopic (exact) mass is 459 g/mol. The number of hydrogen-bond donors (Lipinski definition) is 1. The molecule has 3 rings (SSSR count). The van der Waals surface area contributed by atoms with E-state index in [1.807, 2.05) is 0 Å². The lowest BCUT2D eigenvalue weighted by atomic mass is 10.1. The minimum Gasteiger partial charge on any atom is -0.447 e. The van der Waals surface area contributed by atoms with Gasteiger partial charge >= 0.3 is 5.97 Å². The Kier molecular flexibility index (Phi) is 7.16. The third-order valence-corrected chi connectivity index (χ3v) is 5.02. The molecular weight excluding hydrogens is 442 g/mol. The summed E-state index contributed by atoms with van der Waals surface area (Å²) < 4.78 is 5.35. The van der Waals surface area contributed by atoms with Gasteiger partial charge in [0.1, 0.15) is 0 Å². The number of carbonyl (C=O) groups is 4. The SMILES string of the molecule is O=C(CCN1C(=O)CCC1=O)OC(C(=O)Nc1ccc([N+](=O)[O-])cc1Cl)c1ccccc1. The number of non-ortho nitro benzene ring substituents is 1. The summed E-state index contributed by atoms with van der Waals surface area (Å²) in [4.78, 5) is 59.9. The number of ether oxygens (including phenoxy) is 1. The molecule has 1 atom stereocenters. The number of amides is 3. The van der Waals surface area contributed by atoms with Crippen LogP contribution < -0.4 is 5.32 Å². The number of likely N-dealkylation sites (tertiary alicyclic amines) is 1. The van der Waals surface area contributed by atoms with E-state index >= 15 is 0 Å². The third-order valence-electron chi connectivity index (χ3n) is 4.71. The van der Waals surface area contributed by atoms with Crippen LogP contribution in [0.5, 0.6) is 0 Å². The van der Waals surface area contributed by atoms with E-state index in [4.69, 9.17) is 16.3 Å². The van der Waals surface area contributed by atoms with Crippen molar-refractivity contribution in [3.8, 4) is 0 Å². The summed E-state index contributed by atoms with van der Waals surface area (Å²) in [6, 6.07) is 11.7. The van der Waals surface area contributed by atoms with Gasteiger partial charge < -0.3 is 10.1 Å². The molecule has 1 N–H and O–H groups in total. The molecule has 0 bridgehead atoms. The first kappa shape index (κ1) is 22.9. The van der Waals surface area contributed by atoms with Crippen LogP contribution in [0.2, 0.25) is 5.02 Å². The molecule has 1 saturated heterocycles. The third kappa shape index (κ3) is 5.46. The quantitative estimate of drug-likeness (QED) is 0.277. The molecular formula is C21H18ClN3O7. The molecule has 166 valence electrons. The first-order valence-corrected chi connectivity index (χ1v) is 9.96. The number of nitrogens with one attached hydrogen (secondary N) is 1. The molecule has 2 aromatic rings. The molecule has 1 aliphatic rings. The van der Waals surface area contributed by atoms with E-state index in [0.717, 1.165) is 11.0 Å². The van der Waals surface area contributed by atoms with E-state index in [0.29, 0.717) is 5.56 Å². The van der Waals surface area contributed by atoms with E-state index < -0.39 is 22.9 Å². The van der Waals surface area contributed by atoms with Crippen molar-refractivity contribution in [3.05, 3.63) is 69.2 Å². The predicted octanol–water partition coefficient (Wildman–Crippen LogP) is 3.01. The second kappa shape index (κ2) is 10.0. The van der Waals surface area contributed by atoms with Crippen molar-refractivity contribution in [3.63, 3.8) is 0 Å². The van der Waals surface area contributed by atoms with Crippen LogP contribution in [0.4, 0.5) is 11.4 Å². The second-order valence-corrected chi connectivity index (χ2v) is 7.29. The average molecular weight is 460 g/mol. The molecule has 3 amide bonds. The Morgan fingerprint density at radius 3 is 2.38 bits per heavy atom. The number of nitro benzene ring substituents is 1. The minimum absolute atomic E-state index is 0.0586. The van der Waals surface area contributed by atoms with Gasteiger partial charge in [-0.1, -0.05) is 41.9 Å². The number of carbonyl (C=O) groups excluding carboxylic acids is 4. The van der Waals surface area contributed by atoms with Gasteiger partial charge in [-0.3, -0.25) is 34.2 Å². The summed E-state index contributed by atoms with van der Waals surface area (Å²) in [6.45, 7) is -0.131. The fourth-order valence-corrected chi connectivity index (χ4v) is 3.31. The second-order valence-electron chi connectivity index (χ2n) is 6.88. The van der Waals surface area contributed by atoms with Crippen LogP contribution in [0.15, 0.2) is 48.5 Å². The number of nitrogens with zero attached hydrogens (tertiary/aromatic N) is 2. The molecule has 0 aromatic heterocycles. The van der Waals surface area contributed by atoms with Crippen LogP contribution in [0.1, 0.15) is 30.9 Å². The molecule has 0 spiro atoms. The summed E-state index contributed by atoms with van der Waals surface area (Å²) >= 11 is 6.03. The summed E-state index contributed by atoms with van der Waals surface area (Å²) in [5.41, 5.74) is 0.238. The molecule has 1 heterocycles. The Hall–Kier alpha value is -3.79. The molecule has 0 saturated carbocycles. The molecule has 2 aromatic carbocycles. The van der Waals surface area contributed by atoms with Crippen LogP contribution >= 0.6 is 11.6 Å². The van der Waals surface area contributed by atoms with Crippen LogP contribution in [0.25, 0.3) is 0 Å². The van der Waals surface area contributed by atoms with Gasteiger partial charge in [0.05, 0.1) is 22.1 Å². The van der Waals surface area contributed by atoms with Crippen LogP contribution in [-0.4, -0.2) is 40.1 Å². The fourth-order valence-electron chi connectivity index (χ4n) is 3.08. The molecule has 1 unspecified atom stereocenters. The van der Waals surface area contributed by atoms with Crippen LogP contribution in [0, 0.1) is 10.1 Å². The molecule has 1 fully saturated rings. The normalized spacial score (nSPS) is 14.2. The van der Waals surface area contributed by atoms with Crippen molar-refractivity contribution in [1.29, 1.82) is 0 Å². The zero-order chi connectivity index (χ0) is 23.3. The fraction of sp³-hybridized carbons (Fsp3) is 0.238. The lowest BCUT2D eigenvalue weighted by molar-refractivity contribution is -0.384. The molecule has 1 aliphatic heterocycles. The number of halogens is 1. The molecule has 0 radical (unpaired) electrons. The number of imide groups is 1. The van der Waals surface area contributed by atoms with E-state index in [2.05, 4.69) is 5.32 Å². The van der Waals surface area contributed by atoms with Gasteiger partial charge in [0, 0.05) is 37.1 Å². The van der Waals surface area contributed by atoms with E-state index in [9.17, 15) is 29.3 Å². The van der Waals surface area contributed by atoms with Crippen molar-refractivity contribution >= 4 is 46.7 Å². The maximum atomic E-state index is 12.9. The van der Waals surface area contributed by atoms with Gasteiger partial charge in [-0.25, -0.2) is 0 Å². The number of rotatable bonds is 8. The summed E-state index contributed by atoms with van der Waals surface area (Å²) in [5, 5.41) is 13.3. The zero-order valence-electron chi connectivity index (χ0n) is 16.7. The van der Waals surface area contributed by atoms with E-state index in [1.54, 1.807) is 30.3 Å². The first-order valence-electron chi connectivity index (χ1n) is 9.58. The number of anilines is 1. The number of benzene rings is 2. The Balaban J connectivity index is 1.72. The highest BCUT2D eigenvalue weighted by atomic mass is 35.5. The predicted molar refractivity (Wildman–Crippen MR) is 113 cm³/mol. The molecule has 32 heavy (non-hydrogen) atoms. The van der Waals surface area contributed by atoms with Gasteiger partial charge in [0.25, 0.3) is 11.6 Å². The maximum Gasteiger partial charge on any atom is 0.308 e. The standard InChI is InChI=1S/C21H18ClN3O7/c22-15-12-14(25(30)31)6-7-16(15)23-21(29)20(13-4-2-1-3-5-13)32-19(28)10-11-24-17(26)8-9-18(24)27/h1-7,12,20H,8-11H2,(H,23,29). The average Bonchev–Trinajstić information content (AvgIpc) is 3.09. The van der Waals surface area contributed by atoms with Crippen molar-refractivity contribution in [1.82, 2.24) is 4.90 Å². The highest BCUT2D eigenvalue weighted by molar-refractivity contribution is 6.34. The van der Waals surface area contributed by atoms with Gasteiger partial charge in [-0.15, -0.1) is 0 Å². The van der Waals surface area contributed by atoms with Gasteiger partial charge in [-0.05, 0) is 6.07 Å². The lowest BCUT2D eigenvalue weighted by Crippen LogP contribution is -2.32. The minimum atomic E-state index is -1.35. The number of nitro groups is 1. The Morgan fingerprint density at radius 1 is 1.12 bits per heavy atom. The van der Waals surface area contributed by atoms with E-state index in [-0.39, 0.29) is 54.0 Å². The van der Waals surface area contributed by atoms with Gasteiger partial charge in [0.2, 0.25) is 17.9 Å². The lowest BCUT2D eigenvalue weighted by Gasteiger charge is -2.19. The highest BCUT2D eigenvalue weighted by Gasteiger charge is 2.30. The number of hydrogen-bond acceptors (Lipinski definition) is 7. The van der Waals surface area contributed by atoms with Crippen LogP contribution in [-0.2, 0) is 23.9 Å². The van der Waals surface area contributed by atoms with Gasteiger partial charge in [-0.2, -0.15) is 0 Å². The largest absolute Gasteiger partial charge is 0.447 e. The van der Waals surface area contributed by atoms with Crippen molar-refractivity contribution < 1.29 is 28.8 Å².